The molecule has 28 heavy (non-hydrogen) atoms. The van der Waals surface area contributed by atoms with Crippen LogP contribution in [0.1, 0.15) is 81.1 Å². The molecule has 0 fully saturated rings. The van der Waals surface area contributed by atoms with Crippen molar-refractivity contribution in [3.63, 3.8) is 0 Å². The molecule has 0 aromatic carbocycles. The Labute approximate surface area is 207 Å². The average molecular weight is 523 g/mol. The molecule has 0 bridgehead atoms. The van der Waals surface area contributed by atoms with Crippen LogP contribution >= 0.6 is 24.8 Å². The molecule has 0 saturated carbocycles. The SMILES string of the molecule is CCC1=CC(C(C)(C)C)=[C-]C1.CCC1=CC(C(C)(C)C)=[C-]C1.Cl.Cl.[CH3-].[CH3-].[SiH2]=[Zr]. The quantitative estimate of drug-likeness (QED) is 0.256. The summed E-state index contributed by atoms with van der Waals surface area (Å²) in [5, 5.41) is 0. The normalized spacial score (nSPS) is 14.4. The van der Waals surface area contributed by atoms with E-state index in [1.165, 1.54) is 35.1 Å². The Bertz CT molecular complexity index is 482. The molecule has 0 nitrogen and oxygen atoms in total. The van der Waals surface area contributed by atoms with Crippen molar-refractivity contribution in [2.24, 2.45) is 10.8 Å². The molecule has 0 spiro atoms. The molecule has 2 aliphatic rings. The third-order valence-electron chi connectivity index (χ3n) is 4.23. The van der Waals surface area contributed by atoms with Gasteiger partial charge in [0.25, 0.3) is 0 Å². The fraction of sp³-hybridized carbons (Fsp3) is 0.583. The van der Waals surface area contributed by atoms with Crippen LogP contribution in [0.3, 0.4) is 0 Å². The molecule has 4 heteroatoms. The van der Waals surface area contributed by atoms with Crippen LogP contribution in [0.25, 0.3) is 0 Å². The Hall–Kier alpha value is 0.640. The van der Waals surface area contributed by atoms with Crippen molar-refractivity contribution < 1.29 is 23.3 Å². The summed E-state index contributed by atoms with van der Waals surface area (Å²) in [7, 11) is 0. The first-order chi connectivity index (χ1) is 11.1. The zero-order chi connectivity index (χ0) is 19.0. The summed E-state index contributed by atoms with van der Waals surface area (Å²) < 4.78 is 0. The first-order valence-electron chi connectivity index (χ1n) is 9.04. The molecule has 0 heterocycles. The van der Waals surface area contributed by atoms with Crippen LogP contribution in [-0.2, 0) is 23.3 Å². The van der Waals surface area contributed by atoms with Gasteiger partial charge in [0.1, 0.15) is 0 Å². The van der Waals surface area contributed by atoms with Crippen LogP contribution in [0.2, 0.25) is 0 Å². The van der Waals surface area contributed by atoms with Crippen molar-refractivity contribution in [2.45, 2.75) is 81.1 Å². The Morgan fingerprint density at radius 3 is 1.11 bits per heavy atom. The maximum atomic E-state index is 3.42. The van der Waals surface area contributed by atoms with Gasteiger partial charge in [-0.1, -0.05) is 68.2 Å². The van der Waals surface area contributed by atoms with Gasteiger partial charge in [0.15, 0.2) is 0 Å². The Morgan fingerprint density at radius 2 is 1.00 bits per heavy atom. The van der Waals surface area contributed by atoms with Gasteiger partial charge in [0.2, 0.25) is 0 Å². The molecular weight excluding hydrogens is 478 g/mol. The Balaban J connectivity index is -0.000000102. The molecule has 0 atom stereocenters. The van der Waals surface area contributed by atoms with Gasteiger partial charge in [-0.05, 0) is 10.8 Å². The van der Waals surface area contributed by atoms with E-state index in [0.717, 1.165) is 12.8 Å². The van der Waals surface area contributed by atoms with Crippen molar-refractivity contribution in [2.75, 3.05) is 0 Å². The molecule has 0 saturated heterocycles. The Kier molecular flexibility index (Phi) is 25.7. The van der Waals surface area contributed by atoms with Crippen LogP contribution in [-0.4, -0.2) is 6.88 Å². The first-order valence-corrected chi connectivity index (χ1v) is 15.0. The summed E-state index contributed by atoms with van der Waals surface area (Å²) in [6.07, 6.45) is 15.9. The fourth-order valence-electron chi connectivity index (χ4n) is 2.45. The van der Waals surface area contributed by atoms with E-state index in [2.05, 4.69) is 79.7 Å². The standard InChI is InChI=1S/2C11H17.2CH3.2ClH.H2Si.Zr/c2*1-5-9-6-7-10(8-9)11(2,3)4;;;;;;/h2*8H,5-6H2,1-4H3;2*1H3;2*1H;1H2;/q4*-1;;;;. The number of allylic oxidation sites excluding steroid dienone is 8. The number of hydrogen-bond donors (Lipinski definition) is 0. The summed E-state index contributed by atoms with van der Waals surface area (Å²) in [5.41, 5.74) is 6.39. The zero-order valence-electron chi connectivity index (χ0n) is 20.0. The van der Waals surface area contributed by atoms with Gasteiger partial charge in [-0.2, -0.15) is 11.1 Å². The number of hydrogen-bond acceptors (Lipinski definition) is 0. The molecule has 0 aromatic heterocycles. The second kappa shape index (κ2) is 18.4. The van der Waals surface area contributed by atoms with Crippen LogP contribution in [0.4, 0.5) is 0 Å². The summed E-state index contributed by atoms with van der Waals surface area (Å²) in [6.45, 7) is 19.8. The minimum absolute atomic E-state index is 0. The summed E-state index contributed by atoms with van der Waals surface area (Å²) in [5.74, 6) is 0. The third-order valence-corrected chi connectivity index (χ3v) is 4.23. The molecule has 0 amide bonds. The second-order valence-electron chi connectivity index (χ2n) is 8.35. The molecule has 0 N–H and O–H groups in total. The molecule has 0 aliphatic heterocycles. The van der Waals surface area contributed by atoms with Crippen LogP contribution in [0, 0.1) is 37.8 Å². The maximum absolute atomic E-state index is 3.42. The van der Waals surface area contributed by atoms with Gasteiger partial charge in [-0.15, -0.1) is 37.7 Å². The van der Waals surface area contributed by atoms with Gasteiger partial charge >= 0.3 is 30.2 Å². The van der Waals surface area contributed by atoms with Gasteiger partial charge < -0.3 is 14.9 Å². The van der Waals surface area contributed by atoms with E-state index < -0.39 is 0 Å². The van der Waals surface area contributed by atoms with Gasteiger partial charge in [-0.25, -0.2) is 23.3 Å². The van der Waals surface area contributed by atoms with Crippen LogP contribution in [0.15, 0.2) is 34.4 Å². The van der Waals surface area contributed by atoms with E-state index in [1.807, 2.05) is 6.88 Å². The summed E-state index contributed by atoms with van der Waals surface area (Å²) in [4.78, 5) is 0. The van der Waals surface area contributed by atoms with Crippen molar-refractivity contribution in [3.05, 3.63) is 61.4 Å². The van der Waals surface area contributed by atoms with E-state index in [0.29, 0.717) is 0 Å². The first kappa shape index (κ1) is 39.2. The van der Waals surface area contributed by atoms with E-state index in [4.69, 9.17) is 0 Å². The number of rotatable bonds is 2. The predicted octanol–water partition coefficient (Wildman–Crippen LogP) is 7.83. The van der Waals surface area contributed by atoms with E-state index in [1.54, 1.807) is 23.3 Å². The molecule has 2 aliphatic carbocycles. The fourth-order valence-corrected chi connectivity index (χ4v) is 2.45. The zero-order valence-corrected chi connectivity index (χ0v) is 25.5. The van der Waals surface area contributed by atoms with E-state index in [-0.39, 0.29) is 50.5 Å². The summed E-state index contributed by atoms with van der Waals surface area (Å²) in [6, 6.07) is 0. The summed E-state index contributed by atoms with van der Waals surface area (Å²) >= 11 is 1.58. The molecule has 0 radical (unpaired) electrons. The predicted molar refractivity (Wildman–Crippen MR) is 134 cm³/mol. The second-order valence-corrected chi connectivity index (χ2v) is 8.35. The molecule has 2 rings (SSSR count). The van der Waals surface area contributed by atoms with Gasteiger partial charge in [0.05, 0.1) is 0 Å². The van der Waals surface area contributed by atoms with Crippen LogP contribution < -0.4 is 0 Å². The third kappa shape index (κ3) is 14.6. The molecule has 166 valence electrons. The number of halogens is 2. The van der Waals surface area contributed by atoms with Crippen molar-refractivity contribution in [1.29, 1.82) is 0 Å². The van der Waals surface area contributed by atoms with Gasteiger partial charge in [-0.3, -0.25) is 12.2 Å². The minimum atomic E-state index is 0. The van der Waals surface area contributed by atoms with Crippen molar-refractivity contribution >= 4 is 31.7 Å². The molecule has 0 aromatic rings. The average Bonchev–Trinajstić information content (AvgIpc) is 3.18. The van der Waals surface area contributed by atoms with Crippen LogP contribution in [0.5, 0.6) is 0 Å². The Morgan fingerprint density at radius 1 is 0.750 bits per heavy atom. The van der Waals surface area contributed by atoms with Crippen molar-refractivity contribution in [3.8, 4) is 0 Å². The van der Waals surface area contributed by atoms with Crippen molar-refractivity contribution in [1.82, 2.24) is 0 Å². The topological polar surface area (TPSA) is 0 Å². The monoisotopic (exact) mass is 520 g/mol. The molecule has 0 unspecified atom stereocenters. The van der Waals surface area contributed by atoms with Gasteiger partial charge in [0, 0.05) is 0 Å². The molecular formula is C24H44Cl2SiZr-4. The van der Waals surface area contributed by atoms with E-state index >= 15 is 0 Å². The van der Waals surface area contributed by atoms with E-state index in [9.17, 15) is 0 Å².